The highest BCUT2D eigenvalue weighted by Crippen LogP contribution is 2.21. The molecule has 76 valence electrons. The summed E-state index contributed by atoms with van der Waals surface area (Å²) < 4.78 is 0. The van der Waals surface area contributed by atoms with E-state index in [0.717, 1.165) is 19.6 Å². The number of aliphatic carboxylic acids is 1. The molecular formula is C10H13NO2S. The summed E-state index contributed by atoms with van der Waals surface area (Å²) in [6.07, 6.45) is 0.320. The van der Waals surface area contributed by atoms with Gasteiger partial charge < -0.3 is 5.11 Å². The summed E-state index contributed by atoms with van der Waals surface area (Å²) in [6.45, 7) is 2.84. The molecule has 1 saturated heterocycles. The van der Waals surface area contributed by atoms with Crippen molar-refractivity contribution in [3.8, 4) is 0 Å². The molecule has 1 aromatic rings. The number of hydrogen-bond donors (Lipinski definition) is 1. The molecule has 1 N–H and O–H groups in total. The molecule has 2 rings (SSSR count). The Morgan fingerprint density at radius 1 is 1.64 bits per heavy atom. The van der Waals surface area contributed by atoms with E-state index < -0.39 is 5.97 Å². The average molecular weight is 211 g/mol. The molecule has 0 radical (unpaired) electrons. The quantitative estimate of drug-likeness (QED) is 0.823. The molecule has 0 atom stereocenters. The lowest BCUT2D eigenvalue weighted by atomic mass is 9.96. The summed E-state index contributed by atoms with van der Waals surface area (Å²) in [4.78, 5) is 12.7. The molecular weight excluding hydrogens is 198 g/mol. The van der Waals surface area contributed by atoms with Gasteiger partial charge >= 0.3 is 5.97 Å². The molecule has 1 fully saturated rings. The average Bonchev–Trinajstić information content (AvgIpc) is 2.52. The number of carbonyl (C=O) groups is 1. The van der Waals surface area contributed by atoms with Gasteiger partial charge in [-0.25, -0.2) is 0 Å². The molecule has 1 aromatic heterocycles. The van der Waals surface area contributed by atoms with Crippen molar-refractivity contribution in [2.24, 2.45) is 5.92 Å². The first-order valence-corrected chi connectivity index (χ1v) is 5.63. The van der Waals surface area contributed by atoms with Gasteiger partial charge in [0, 0.05) is 19.6 Å². The third-order valence-electron chi connectivity index (χ3n) is 2.48. The molecule has 0 aliphatic carbocycles. The number of carboxylic acids is 1. The lowest BCUT2D eigenvalue weighted by Crippen LogP contribution is -2.46. The van der Waals surface area contributed by atoms with E-state index in [9.17, 15) is 4.79 Å². The van der Waals surface area contributed by atoms with Crippen LogP contribution in [0.3, 0.4) is 0 Å². The maximum absolute atomic E-state index is 10.4. The van der Waals surface area contributed by atoms with Crippen molar-refractivity contribution in [1.82, 2.24) is 4.90 Å². The Balaban J connectivity index is 1.71. The van der Waals surface area contributed by atoms with Gasteiger partial charge in [0.15, 0.2) is 0 Å². The van der Waals surface area contributed by atoms with Gasteiger partial charge in [0.25, 0.3) is 0 Å². The van der Waals surface area contributed by atoms with Gasteiger partial charge in [-0.3, -0.25) is 9.69 Å². The second-order valence-corrected chi connectivity index (χ2v) is 4.57. The lowest BCUT2D eigenvalue weighted by Gasteiger charge is -2.38. The first kappa shape index (κ1) is 9.68. The van der Waals surface area contributed by atoms with E-state index in [2.05, 4.69) is 21.7 Å². The normalized spacial score (nSPS) is 18.0. The zero-order valence-electron chi connectivity index (χ0n) is 7.85. The van der Waals surface area contributed by atoms with Crippen molar-refractivity contribution >= 4 is 17.3 Å². The highest BCUT2D eigenvalue weighted by molar-refractivity contribution is 7.07. The van der Waals surface area contributed by atoms with Crippen molar-refractivity contribution in [1.29, 1.82) is 0 Å². The van der Waals surface area contributed by atoms with Crippen LogP contribution in [0.2, 0.25) is 0 Å². The molecule has 3 nitrogen and oxygen atoms in total. The predicted octanol–water partition coefficient (Wildman–Crippen LogP) is 1.65. The van der Waals surface area contributed by atoms with Crippen LogP contribution < -0.4 is 0 Å². The number of nitrogens with zero attached hydrogens (tertiary/aromatic N) is 1. The Hall–Kier alpha value is -0.870. The molecule has 2 heterocycles. The predicted molar refractivity (Wildman–Crippen MR) is 55.3 cm³/mol. The van der Waals surface area contributed by atoms with Crippen molar-refractivity contribution in [3.63, 3.8) is 0 Å². The van der Waals surface area contributed by atoms with Gasteiger partial charge in [-0.05, 0) is 28.3 Å². The minimum Gasteiger partial charge on any atom is -0.481 e. The fourth-order valence-electron chi connectivity index (χ4n) is 1.82. The van der Waals surface area contributed by atoms with E-state index in [-0.39, 0.29) is 0 Å². The van der Waals surface area contributed by atoms with Crippen LogP contribution >= 0.6 is 11.3 Å². The van der Waals surface area contributed by atoms with Crippen molar-refractivity contribution in [3.05, 3.63) is 22.4 Å². The summed E-state index contributed by atoms with van der Waals surface area (Å²) in [7, 11) is 0. The van der Waals surface area contributed by atoms with Crippen LogP contribution in [0.15, 0.2) is 16.8 Å². The highest BCUT2D eigenvalue weighted by Gasteiger charge is 2.28. The Morgan fingerprint density at radius 2 is 2.43 bits per heavy atom. The van der Waals surface area contributed by atoms with E-state index in [4.69, 9.17) is 5.11 Å². The van der Waals surface area contributed by atoms with Gasteiger partial charge in [-0.1, -0.05) is 0 Å². The van der Waals surface area contributed by atoms with Crippen LogP contribution in [0.1, 0.15) is 12.0 Å². The molecule has 0 aromatic carbocycles. The van der Waals surface area contributed by atoms with Crippen LogP contribution in [0.4, 0.5) is 0 Å². The number of thiophene rings is 1. The van der Waals surface area contributed by atoms with Crippen LogP contribution in [0, 0.1) is 5.92 Å². The number of hydrogen-bond acceptors (Lipinski definition) is 3. The molecule has 0 bridgehead atoms. The van der Waals surface area contributed by atoms with Crippen LogP contribution in [-0.2, 0) is 11.3 Å². The zero-order chi connectivity index (χ0) is 9.97. The maximum Gasteiger partial charge on any atom is 0.303 e. The molecule has 0 spiro atoms. The van der Waals surface area contributed by atoms with Gasteiger partial charge in [0.2, 0.25) is 0 Å². The Labute approximate surface area is 87.0 Å². The summed E-state index contributed by atoms with van der Waals surface area (Å²) in [5.41, 5.74) is 1.34. The van der Waals surface area contributed by atoms with E-state index in [0.29, 0.717) is 12.3 Å². The first-order chi connectivity index (χ1) is 6.74. The van der Waals surface area contributed by atoms with E-state index in [1.807, 2.05) is 0 Å². The molecule has 0 unspecified atom stereocenters. The Kier molecular flexibility index (Phi) is 2.84. The maximum atomic E-state index is 10.4. The molecule has 0 amide bonds. The van der Waals surface area contributed by atoms with Gasteiger partial charge in [-0.15, -0.1) is 0 Å². The first-order valence-electron chi connectivity index (χ1n) is 4.69. The standard InChI is InChI=1S/C10H13NO2S/c12-10(13)3-9-5-11(6-9)4-8-1-2-14-7-8/h1-2,7,9H,3-6H2,(H,12,13). The van der Waals surface area contributed by atoms with Crippen molar-refractivity contribution in [2.75, 3.05) is 13.1 Å². The fourth-order valence-corrected chi connectivity index (χ4v) is 2.48. The third kappa shape index (κ3) is 2.33. The lowest BCUT2D eigenvalue weighted by molar-refractivity contribution is -0.139. The SMILES string of the molecule is O=C(O)CC1CN(Cc2ccsc2)C1. The van der Waals surface area contributed by atoms with Crippen molar-refractivity contribution in [2.45, 2.75) is 13.0 Å². The molecule has 1 aliphatic rings. The molecule has 1 aliphatic heterocycles. The van der Waals surface area contributed by atoms with E-state index in [1.54, 1.807) is 11.3 Å². The molecule has 4 heteroatoms. The van der Waals surface area contributed by atoms with Gasteiger partial charge in [0.1, 0.15) is 0 Å². The summed E-state index contributed by atoms with van der Waals surface area (Å²) in [5.74, 6) is -0.309. The molecule has 14 heavy (non-hydrogen) atoms. The minimum atomic E-state index is -0.676. The largest absolute Gasteiger partial charge is 0.481 e. The smallest absolute Gasteiger partial charge is 0.303 e. The van der Waals surface area contributed by atoms with Crippen LogP contribution in [0.5, 0.6) is 0 Å². The third-order valence-corrected chi connectivity index (χ3v) is 3.21. The second kappa shape index (κ2) is 4.11. The highest BCUT2D eigenvalue weighted by atomic mass is 32.1. The van der Waals surface area contributed by atoms with Crippen molar-refractivity contribution < 1.29 is 9.90 Å². The van der Waals surface area contributed by atoms with E-state index in [1.165, 1.54) is 5.56 Å². The summed E-state index contributed by atoms with van der Waals surface area (Å²) >= 11 is 1.71. The minimum absolute atomic E-state index is 0.320. The van der Waals surface area contributed by atoms with Gasteiger partial charge in [-0.2, -0.15) is 11.3 Å². The van der Waals surface area contributed by atoms with Crippen LogP contribution in [-0.4, -0.2) is 29.1 Å². The summed E-state index contributed by atoms with van der Waals surface area (Å²) in [6, 6.07) is 2.12. The second-order valence-electron chi connectivity index (χ2n) is 3.79. The monoisotopic (exact) mass is 211 g/mol. The zero-order valence-corrected chi connectivity index (χ0v) is 8.67. The van der Waals surface area contributed by atoms with Crippen LogP contribution in [0.25, 0.3) is 0 Å². The Bertz CT molecular complexity index is 304. The Morgan fingerprint density at radius 3 is 3.00 bits per heavy atom. The topological polar surface area (TPSA) is 40.5 Å². The number of likely N-dealkylation sites (tertiary alicyclic amines) is 1. The fraction of sp³-hybridized carbons (Fsp3) is 0.500. The van der Waals surface area contributed by atoms with Gasteiger partial charge in [0.05, 0.1) is 6.42 Å². The van der Waals surface area contributed by atoms with E-state index >= 15 is 0 Å². The number of carboxylic acid groups (broad SMARTS) is 1. The summed E-state index contributed by atoms with van der Waals surface area (Å²) in [5, 5.41) is 12.8. The number of rotatable bonds is 4. The molecule has 0 saturated carbocycles.